The van der Waals surface area contributed by atoms with E-state index in [0.717, 1.165) is 0 Å². The van der Waals surface area contributed by atoms with Gasteiger partial charge in [0.2, 0.25) is 5.91 Å². The molecule has 1 fully saturated rings. The number of halogens is 2. The molecule has 0 spiro atoms. The number of benzene rings is 1. The zero-order chi connectivity index (χ0) is 18.7. The van der Waals surface area contributed by atoms with Crippen molar-refractivity contribution >= 4 is 29.0 Å². The van der Waals surface area contributed by atoms with E-state index in [0.29, 0.717) is 30.3 Å². The van der Waals surface area contributed by atoms with Gasteiger partial charge in [0.15, 0.2) is 12.2 Å². The molecule has 1 aromatic heterocycles. The molecule has 1 aliphatic heterocycles. The van der Waals surface area contributed by atoms with Crippen LogP contribution in [0.15, 0.2) is 35.3 Å². The predicted octanol–water partition coefficient (Wildman–Crippen LogP) is 3.17. The molecular weight excluding hydrogens is 361 g/mol. The molecular formula is C18H19ClFN3O3. The van der Waals surface area contributed by atoms with E-state index >= 15 is 0 Å². The topological polar surface area (TPSA) is 66.7 Å². The number of oxazole rings is 1. The smallest absolute Gasteiger partial charge is 0.223 e. The number of aromatic nitrogens is 1. The van der Waals surface area contributed by atoms with Crippen LogP contribution in [0.4, 0.5) is 10.1 Å². The second-order valence-corrected chi connectivity index (χ2v) is 6.74. The van der Waals surface area contributed by atoms with Crippen molar-refractivity contribution in [2.45, 2.75) is 25.8 Å². The van der Waals surface area contributed by atoms with Gasteiger partial charge < -0.3 is 14.2 Å². The van der Waals surface area contributed by atoms with Crippen LogP contribution >= 0.6 is 11.6 Å². The minimum absolute atomic E-state index is 0.0109. The maximum atomic E-state index is 13.6. The number of anilines is 1. The van der Waals surface area contributed by atoms with Crippen LogP contribution in [0.3, 0.4) is 0 Å². The molecule has 0 bridgehead atoms. The molecule has 8 heteroatoms. The molecule has 138 valence electrons. The molecule has 2 heterocycles. The second-order valence-electron chi connectivity index (χ2n) is 6.31. The van der Waals surface area contributed by atoms with Crippen molar-refractivity contribution in [2.75, 3.05) is 24.5 Å². The Balaban J connectivity index is 1.56. The van der Waals surface area contributed by atoms with Crippen LogP contribution < -0.4 is 4.90 Å². The molecule has 26 heavy (non-hydrogen) atoms. The second kappa shape index (κ2) is 7.86. The van der Waals surface area contributed by atoms with Gasteiger partial charge in [-0.1, -0.05) is 11.6 Å². The number of nitrogens with zero attached hydrogens (tertiary/aromatic N) is 3. The van der Waals surface area contributed by atoms with Gasteiger partial charge in [-0.2, -0.15) is 0 Å². The fourth-order valence-corrected chi connectivity index (χ4v) is 3.35. The quantitative estimate of drug-likeness (QED) is 0.746. The number of carbonyl (C=O) groups is 2. The molecule has 0 aliphatic carbocycles. The first-order chi connectivity index (χ1) is 12.4. The number of amides is 1. The molecule has 0 saturated carbocycles. The summed E-state index contributed by atoms with van der Waals surface area (Å²) in [6, 6.07) is 4.43. The average Bonchev–Trinajstić information content (AvgIpc) is 3.13. The number of ketones is 1. The van der Waals surface area contributed by atoms with Gasteiger partial charge in [0.25, 0.3) is 0 Å². The Labute approximate surface area is 155 Å². The first kappa shape index (κ1) is 18.4. The standard InChI is InChI=1S/C18H19ClFN3O3/c1-12-9-22(18(25)3-2-17(24)16-10-26-11-21-16)4-5-23(12)15-7-13(19)6-14(20)8-15/h6-8,10-12H,2-5,9H2,1H3/t12-/m0/s1. The molecule has 0 unspecified atom stereocenters. The number of carbonyl (C=O) groups excluding carboxylic acids is 2. The average molecular weight is 380 g/mol. The Morgan fingerprint density at radius 2 is 2.12 bits per heavy atom. The number of hydrogen-bond donors (Lipinski definition) is 0. The summed E-state index contributed by atoms with van der Waals surface area (Å²) in [5.41, 5.74) is 0.940. The first-order valence-electron chi connectivity index (χ1n) is 8.36. The van der Waals surface area contributed by atoms with E-state index in [-0.39, 0.29) is 42.1 Å². The van der Waals surface area contributed by atoms with Crippen LogP contribution in [0.2, 0.25) is 5.02 Å². The zero-order valence-corrected chi connectivity index (χ0v) is 15.1. The monoisotopic (exact) mass is 379 g/mol. The van der Waals surface area contributed by atoms with E-state index in [1.807, 2.05) is 11.8 Å². The highest BCUT2D eigenvalue weighted by atomic mass is 35.5. The van der Waals surface area contributed by atoms with Crippen molar-refractivity contribution in [3.63, 3.8) is 0 Å². The van der Waals surface area contributed by atoms with Crippen molar-refractivity contribution in [1.82, 2.24) is 9.88 Å². The summed E-state index contributed by atoms with van der Waals surface area (Å²) in [4.78, 5) is 31.9. The van der Waals surface area contributed by atoms with Gasteiger partial charge in [-0.05, 0) is 25.1 Å². The minimum Gasteiger partial charge on any atom is -0.451 e. The van der Waals surface area contributed by atoms with E-state index in [9.17, 15) is 14.0 Å². The van der Waals surface area contributed by atoms with Gasteiger partial charge in [0.1, 0.15) is 17.8 Å². The Morgan fingerprint density at radius 3 is 2.77 bits per heavy atom. The Hall–Kier alpha value is -2.41. The lowest BCUT2D eigenvalue weighted by Gasteiger charge is -2.41. The molecule has 1 aromatic carbocycles. The van der Waals surface area contributed by atoms with Crippen LogP contribution in [0, 0.1) is 5.82 Å². The van der Waals surface area contributed by atoms with E-state index in [1.165, 1.54) is 24.8 Å². The maximum Gasteiger partial charge on any atom is 0.223 e. The van der Waals surface area contributed by atoms with E-state index in [4.69, 9.17) is 16.0 Å². The van der Waals surface area contributed by atoms with Gasteiger partial charge in [0.05, 0.1) is 0 Å². The summed E-state index contributed by atoms with van der Waals surface area (Å²) in [5, 5.41) is 0.345. The summed E-state index contributed by atoms with van der Waals surface area (Å²) < 4.78 is 18.4. The Bertz CT molecular complexity index is 777. The number of rotatable bonds is 5. The molecule has 0 N–H and O–H groups in total. The highest BCUT2D eigenvalue weighted by molar-refractivity contribution is 6.30. The van der Waals surface area contributed by atoms with Crippen LogP contribution in [0.5, 0.6) is 0 Å². The summed E-state index contributed by atoms with van der Waals surface area (Å²) in [5.74, 6) is -0.677. The largest absolute Gasteiger partial charge is 0.451 e. The van der Waals surface area contributed by atoms with Gasteiger partial charge in [-0.15, -0.1) is 0 Å². The van der Waals surface area contributed by atoms with Crippen molar-refractivity contribution in [3.05, 3.63) is 47.4 Å². The van der Waals surface area contributed by atoms with Gasteiger partial charge in [-0.3, -0.25) is 9.59 Å². The zero-order valence-electron chi connectivity index (χ0n) is 14.3. The van der Waals surface area contributed by atoms with Crippen molar-refractivity contribution in [2.24, 2.45) is 0 Å². The molecule has 3 rings (SSSR count). The van der Waals surface area contributed by atoms with Crippen LogP contribution in [0.1, 0.15) is 30.3 Å². The third kappa shape index (κ3) is 4.22. The third-order valence-electron chi connectivity index (χ3n) is 4.44. The lowest BCUT2D eigenvalue weighted by molar-refractivity contribution is -0.131. The van der Waals surface area contributed by atoms with E-state index in [1.54, 1.807) is 11.0 Å². The first-order valence-corrected chi connectivity index (χ1v) is 8.73. The van der Waals surface area contributed by atoms with Crippen LogP contribution in [-0.4, -0.2) is 47.3 Å². The molecule has 6 nitrogen and oxygen atoms in total. The van der Waals surface area contributed by atoms with Crippen LogP contribution in [-0.2, 0) is 4.79 Å². The highest BCUT2D eigenvalue weighted by Crippen LogP contribution is 2.25. The highest BCUT2D eigenvalue weighted by Gasteiger charge is 2.27. The maximum absolute atomic E-state index is 13.6. The molecule has 0 radical (unpaired) electrons. The lowest BCUT2D eigenvalue weighted by Crippen LogP contribution is -2.53. The van der Waals surface area contributed by atoms with Gasteiger partial charge >= 0.3 is 0 Å². The molecule has 1 atom stereocenters. The fraction of sp³-hybridized carbons (Fsp3) is 0.389. The third-order valence-corrected chi connectivity index (χ3v) is 4.66. The minimum atomic E-state index is -0.385. The Kier molecular flexibility index (Phi) is 5.56. The van der Waals surface area contributed by atoms with E-state index < -0.39 is 0 Å². The molecule has 1 aliphatic rings. The number of Topliss-reactive ketones (excluding diaryl/α,β-unsaturated/α-hetero) is 1. The number of piperazine rings is 1. The summed E-state index contributed by atoms with van der Waals surface area (Å²) >= 11 is 5.93. The fourth-order valence-electron chi connectivity index (χ4n) is 3.13. The van der Waals surface area contributed by atoms with Crippen molar-refractivity contribution in [3.8, 4) is 0 Å². The van der Waals surface area contributed by atoms with Crippen molar-refractivity contribution in [1.29, 1.82) is 0 Å². The SMILES string of the molecule is C[C@H]1CN(C(=O)CCC(=O)c2cocn2)CCN1c1cc(F)cc(Cl)c1. The normalized spacial score (nSPS) is 17.4. The van der Waals surface area contributed by atoms with Gasteiger partial charge in [-0.25, -0.2) is 9.37 Å². The summed E-state index contributed by atoms with van der Waals surface area (Å²) in [6.45, 7) is 3.56. The van der Waals surface area contributed by atoms with E-state index in [2.05, 4.69) is 4.98 Å². The van der Waals surface area contributed by atoms with Crippen LogP contribution in [0.25, 0.3) is 0 Å². The molecule has 2 aromatic rings. The van der Waals surface area contributed by atoms with Gasteiger partial charge in [0, 0.05) is 49.2 Å². The summed E-state index contributed by atoms with van der Waals surface area (Å²) in [7, 11) is 0. The predicted molar refractivity (Wildman–Crippen MR) is 94.9 cm³/mol. The number of hydrogen-bond acceptors (Lipinski definition) is 5. The Morgan fingerprint density at radius 1 is 1.31 bits per heavy atom. The molecule has 1 saturated heterocycles. The molecule has 1 amide bonds. The summed E-state index contributed by atoms with van der Waals surface area (Å²) in [6.07, 6.45) is 2.69. The van der Waals surface area contributed by atoms with Crippen molar-refractivity contribution < 1.29 is 18.4 Å². The lowest BCUT2D eigenvalue weighted by atomic mass is 10.1.